The highest BCUT2D eigenvalue weighted by Gasteiger charge is 2.24. The van der Waals surface area contributed by atoms with Crippen molar-refractivity contribution in [3.05, 3.63) is 139 Å². The Kier molecular flexibility index (Phi) is 5.69. The van der Waals surface area contributed by atoms with Crippen molar-refractivity contribution in [2.45, 2.75) is 25.7 Å². The number of nitrogens with zero attached hydrogens (tertiary/aromatic N) is 5. The van der Waals surface area contributed by atoms with Crippen LogP contribution in [0.25, 0.3) is 67.1 Å². The molecule has 3 heterocycles. The van der Waals surface area contributed by atoms with Gasteiger partial charge in [-0.15, -0.1) is 0 Å². The first-order valence-electron chi connectivity index (χ1n) is 15.4. The van der Waals surface area contributed by atoms with Gasteiger partial charge in [0.25, 0.3) is 0 Å². The molecule has 9 rings (SSSR count). The van der Waals surface area contributed by atoms with E-state index in [1.165, 1.54) is 51.5 Å². The molecule has 0 atom stereocenters. The number of hydrogen-bond acceptors (Lipinski definition) is 3. The van der Waals surface area contributed by atoms with Crippen molar-refractivity contribution < 1.29 is 0 Å². The van der Waals surface area contributed by atoms with E-state index in [9.17, 15) is 0 Å². The molecule has 0 aliphatic heterocycles. The molecular weight excluding hydrogens is 538 g/mol. The van der Waals surface area contributed by atoms with Gasteiger partial charge in [-0.2, -0.15) is 9.97 Å². The van der Waals surface area contributed by atoms with Crippen LogP contribution in [-0.4, -0.2) is 24.1 Å². The molecule has 0 saturated carbocycles. The fourth-order valence-corrected chi connectivity index (χ4v) is 6.99. The molecule has 0 amide bonds. The smallest absolute Gasteiger partial charge is 0.238 e. The van der Waals surface area contributed by atoms with E-state index in [0.29, 0.717) is 17.6 Å². The molecule has 1 aliphatic rings. The number of rotatable bonds is 4. The zero-order valence-electron chi connectivity index (χ0n) is 24.2. The van der Waals surface area contributed by atoms with E-state index in [2.05, 4.69) is 100 Å². The van der Waals surface area contributed by atoms with Crippen LogP contribution >= 0.6 is 0 Å². The van der Waals surface area contributed by atoms with Crippen LogP contribution in [0.1, 0.15) is 24.1 Å². The third kappa shape index (κ3) is 3.89. The minimum absolute atomic E-state index is 0.625. The average molecular weight is 568 g/mol. The van der Waals surface area contributed by atoms with Gasteiger partial charge in [0.15, 0.2) is 11.6 Å². The molecule has 0 fully saturated rings. The van der Waals surface area contributed by atoms with E-state index in [1.807, 2.05) is 36.4 Å². The molecule has 0 radical (unpaired) electrons. The van der Waals surface area contributed by atoms with Crippen LogP contribution in [0.15, 0.2) is 127 Å². The van der Waals surface area contributed by atoms with Gasteiger partial charge in [0.05, 0.1) is 16.6 Å². The van der Waals surface area contributed by atoms with Crippen LogP contribution in [0.4, 0.5) is 0 Å². The summed E-state index contributed by atoms with van der Waals surface area (Å²) >= 11 is 0. The normalized spacial score (nSPS) is 13.1. The summed E-state index contributed by atoms with van der Waals surface area (Å²) in [5, 5.41) is 3.70. The highest BCUT2D eigenvalue weighted by Crippen LogP contribution is 2.40. The molecule has 5 heteroatoms. The topological polar surface area (TPSA) is 48.5 Å². The molecule has 3 aromatic heterocycles. The lowest BCUT2D eigenvalue weighted by atomic mass is 9.95. The van der Waals surface area contributed by atoms with Crippen LogP contribution in [0.5, 0.6) is 0 Å². The largest absolute Gasteiger partial charge is 0.313 e. The Balaban J connectivity index is 1.38. The number of aromatic nitrogens is 5. The van der Waals surface area contributed by atoms with Crippen LogP contribution < -0.4 is 0 Å². The quantitative estimate of drug-likeness (QED) is 0.213. The first-order valence-corrected chi connectivity index (χ1v) is 15.4. The van der Waals surface area contributed by atoms with Gasteiger partial charge < -0.3 is 4.57 Å². The van der Waals surface area contributed by atoms with Gasteiger partial charge in [-0.3, -0.25) is 4.57 Å². The molecule has 1 aliphatic carbocycles. The van der Waals surface area contributed by atoms with E-state index in [-0.39, 0.29) is 0 Å². The van der Waals surface area contributed by atoms with Gasteiger partial charge in [-0.1, -0.05) is 97.1 Å². The minimum atomic E-state index is 0.625. The van der Waals surface area contributed by atoms with Crippen molar-refractivity contribution in [1.29, 1.82) is 0 Å². The maximum absolute atomic E-state index is 5.13. The number of hydrogen-bond donors (Lipinski definition) is 0. The second-order valence-electron chi connectivity index (χ2n) is 11.6. The van der Waals surface area contributed by atoms with Gasteiger partial charge in [-0.05, 0) is 61.6 Å². The van der Waals surface area contributed by atoms with E-state index in [4.69, 9.17) is 15.0 Å². The maximum Gasteiger partial charge on any atom is 0.238 e. The first kappa shape index (κ1) is 25.0. The molecule has 0 unspecified atom stereocenters. The zero-order chi connectivity index (χ0) is 29.0. The predicted molar refractivity (Wildman–Crippen MR) is 179 cm³/mol. The molecule has 8 aromatic rings. The third-order valence-electron chi connectivity index (χ3n) is 8.97. The second-order valence-corrected chi connectivity index (χ2v) is 11.6. The highest BCUT2D eigenvalue weighted by molar-refractivity contribution is 6.14. The van der Waals surface area contributed by atoms with Crippen molar-refractivity contribution in [3.8, 4) is 34.4 Å². The molecule has 0 spiro atoms. The van der Waals surface area contributed by atoms with Crippen LogP contribution in [0.3, 0.4) is 0 Å². The first-order chi connectivity index (χ1) is 21.8. The number of benzene rings is 5. The summed E-state index contributed by atoms with van der Waals surface area (Å²) < 4.78 is 4.74. The van der Waals surface area contributed by atoms with E-state index in [0.717, 1.165) is 35.0 Å². The molecule has 5 aromatic carbocycles. The van der Waals surface area contributed by atoms with E-state index >= 15 is 0 Å². The molecule has 0 saturated heterocycles. The number of fused-ring (bicyclic) bond motifs is 6. The standard InChI is InChI=1S/C39H29N5/c1-4-14-26(15-5-1)37-40-38(27-16-6-2-7-17-27)42-39(41-37)44-34-23-13-11-21-30(34)32-24-35-31(25-36(32)44)29-20-10-12-22-33(29)43(35)28-18-8-3-9-19-28/h1-9,11,13-19,21,23-25H,10,12,20,22H2. The van der Waals surface area contributed by atoms with Gasteiger partial charge in [-0.25, -0.2) is 4.98 Å². The van der Waals surface area contributed by atoms with Crippen molar-refractivity contribution >= 4 is 32.7 Å². The summed E-state index contributed by atoms with van der Waals surface area (Å²) in [4.78, 5) is 15.2. The Morgan fingerprint density at radius 2 is 1.02 bits per heavy atom. The molecule has 0 N–H and O–H groups in total. The van der Waals surface area contributed by atoms with Crippen molar-refractivity contribution in [1.82, 2.24) is 24.1 Å². The van der Waals surface area contributed by atoms with Crippen LogP contribution in [0.2, 0.25) is 0 Å². The molecule has 44 heavy (non-hydrogen) atoms. The van der Waals surface area contributed by atoms with Crippen molar-refractivity contribution in [2.75, 3.05) is 0 Å². The summed E-state index contributed by atoms with van der Waals surface area (Å²) in [6.45, 7) is 0. The summed E-state index contributed by atoms with van der Waals surface area (Å²) in [7, 11) is 0. The molecule has 0 bridgehead atoms. The summed E-state index contributed by atoms with van der Waals surface area (Å²) in [6, 6.07) is 44.6. The zero-order valence-corrected chi connectivity index (χ0v) is 24.2. The Morgan fingerprint density at radius 1 is 0.455 bits per heavy atom. The average Bonchev–Trinajstić information content (AvgIpc) is 3.60. The monoisotopic (exact) mass is 567 g/mol. The van der Waals surface area contributed by atoms with Crippen LogP contribution in [0, 0.1) is 0 Å². The summed E-state index contributed by atoms with van der Waals surface area (Å²) in [5.74, 6) is 1.95. The van der Waals surface area contributed by atoms with E-state index < -0.39 is 0 Å². The highest BCUT2D eigenvalue weighted by atomic mass is 15.2. The van der Waals surface area contributed by atoms with Gasteiger partial charge >= 0.3 is 0 Å². The lowest BCUT2D eigenvalue weighted by Gasteiger charge is -2.16. The molecule has 210 valence electrons. The molecule has 5 nitrogen and oxygen atoms in total. The number of aryl methyl sites for hydroxylation is 1. The van der Waals surface area contributed by atoms with Crippen molar-refractivity contribution in [2.24, 2.45) is 0 Å². The van der Waals surface area contributed by atoms with Crippen molar-refractivity contribution in [3.63, 3.8) is 0 Å². The third-order valence-corrected chi connectivity index (χ3v) is 8.97. The van der Waals surface area contributed by atoms with Gasteiger partial charge in [0.1, 0.15) is 0 Å². The number of para-hydroxylation sites is 2. The minimum Gasteiger partial charge on any atom is -0.313 e. The fraction of sp³-hybridized carbons (Fsp3) is 0.103. The Labute approximate surface area is 255 Å². The predicted octanol–water partition coefficient (Wildman–Crippen LogP) is 9.13. The van der Waals surface area contributed by atoms with E-state index in [1.54, 1.807) is 0 Å². The second kappa shape index (κ2) is 10.0. The lowest BCUT2D eigenvalue weighted by molar-refractivity contribution is 0.667. The molecular formula is C39H29N5. The summed E-state index contributed by atoms with van der Waals surface area (Å²) in [6.07, 6.45) is 4.63. The Bertz CT molecular complexity index is 2260. The van der Waals surface area contributed by atoms with Gasteiger partial charge in [0.2, 0.25) is 5.95 Å². The SMILES string of the molecule is c1ccc(-c2nc(-c3ccccc3)nc(-n3c4ccccc4c4cc5c(cc43)c3c(n5-c4ccccc4)CCCC3)n2)cc1. The van der Waals surface area contributed by atoms with Gasteiger partial charge in [0, 0.05) is 38.7 Å². The summed E-state index contributed by atoms with van der Waals surface area (Å²) in [5.41, 5.74) is 9.53. The maximum atomic E-state index is 5.13. The van der Waals surface area contributed by atoms with Crippen LogP contribution in [-0.2, 0) is 12.8 Å². The Morgan fingerprint density at radius 3 is 1.73 bits per heavy atom. The lowest BCUT2D eigenvalue weighted by Crippen LogP contribution is -2.06. The Hall–Kier alpha value is -5.55. The fourth-order valence-electron chi connectivity index (χ4n) is 6.99.